The maximum Gasteiger partial charge on any atom is 0.410 e. The standard InChI is InChI=1S/C17H23NO4/c1-16(2,3)22-15(21)18-10-13(14(19)20)17(4,11-18)12-8-6-5-7-9-12/h5-9,13H,10-11H2,1-4H3,(H,19,20)/t13-,17-/m1/s1. The number of carbonyl (C=O) groups is 2. The summed E-state index contributed by atoms with van der Waals surface area (Å²) in [5.41, 5.74) is -0.292. The van der Waals surface area contributed by atoms with Crippen molar-refractivity contribution in [3.8, 4) is 0 Å². The Morgan fingerprint density at radius 3 is 2.36 bits per heavy atom. The van der Waals surface area contributed by atoms with E-state index in [1.807, 2.05) is 37.3 Å². The van der Waals surface area contributed by atoms with Gasteiger partial charge < -0.3 is 14.7 Å². The molecule has 1 heterocycles. The lowest BCUT2D eigenvalue weighted by molar-refractivity contribution is -0.142. The Bertz CT molecular complexity index is 564. The van der Waals surface area contributed by atoms with Crippen molar-refractivity contribution in [3.63, 3.8) is 0 Å². The molecule has 0 unspecified atom stereocenters. The third kappa shape index (κ3) is 3.24. The van der Waals surface area contributed by atoms with Gasteiger partial charge in [-0.15, -0.1) is 0 Å². The molecule has 1 N–H and O–H groups in total. The molecule has 5 heteroatoms. The third-order valence-electron chi connectivity index (χ3n) is 4.07. The van der Waals surface area contributed by atoms with E-state index in [4.69, 9.17) is 4.74 Å². The van der Waals surface area contributed by atoms with E-state index in [1.54, 1.807) is 20.8 Å². The quantitative estimate of drug-likeness (QED) is 0.912. The Morgan fingerprint density at radius 1 is 1.27 bits per heavy atom. The molecule has 1 amide bonds. The van der Waals surface area contributed by atoms with Crippen LogP contribution in [0.5, 0.6) is 0 Å². The maximum atomic E-state index is 12.3. The van der Waals surface area contributed by atoms with Gasteiger partial charge >= 0.3 is 12.1 Å². The number of benzene rings is 1. The predicted molar refractivity (Wildman–Crippen MR) is 82.7 cm³/mol. The second-order valence-electron chi connectivity index (χ2n) is 7.04. The van der Waals surface area contributed by atoms with E-state index >= 15 is 0 Å². The van der Waals surface area contributed by atoms with Gasteiger partial charge in [0.15, 0.2) is 0 Å². The van der Waals surface area contributed by atoms with Crippen LogP contribution < -0.4 is 0 Å². The summed E-state index contributed by atoms with van der Waals surface area (Å²) >= 11 is 0. The minimum atomic E-state index is -0.891. The summed E-state index contributed by atoms with van der Waals surface area (Å²) in [6.45, 7) is 7.79. The first kappa shape index (κ1) is 16.3. The molecule has 0 spiro atoms. The lowest BCUT2D eigenvalue weighted by atomic mass is 9.74. The zero-order valence-electron chi connectivity index (χ0n) is 13.5. The van der Waals surface area contributed by atoms with Crippen LogP contribution in [0.1, 0.15) is 33.3 Å². The molecule has 0 aliphatic carbocycles. The molecular weight excluding hydrogens is 282 g/mol. The van der Waals surface area contributed by atoms with E-state index in [1.165, 1.54) is 4.90 Å². The van der Waals surface area contributed by atoms with Gasteiger partial charge in [-0.25, -0.2) is 4.79 Å². The van der Waals surface area contributed by atoms with Gasteiger partial charge in [0.2, 0.25) is 0 Å². The molecule has 1 aliphatic heterocycles. The van der Waals surface area contributed by atoms with E-state index in [2.05, 4.69) is 0 Å². The van der Waals surface area contributed by atoms with Crippen LogP contribution in [0.2, 0.25) is 0 Å². The summed E-state index contributed by atoms with van der Waals surface area (Å²) in [7, 11) is 0. The minimum Gasteiger partial charge on any atom is -0.481 e. The first-order chi connectivity index (χ1) is 10.1. The van der Waals surface area contributed by atoms with Crippen LogP contribution in [-0.2, 0) is 14.9 Å². The van der Waals surface area contributed by atoms with Crippen LogP contribution in [0.3, 0.4) is 0 Å². The highest BCUT2D eigenvalue weighted by Gasteiger charge is 2.50. The van der Waals surface area contributed by atoms with E-state index in [9.17, 15) is 14.7 Å². The first-order valence-corrected chi connectivity index (χ1v) is 7.40. The molecule has 1 saturated heterocycles. The van der Waals surface area contributed by atoms with Crippen LogP contribution >= 0.6 is 0 Å². The first-order valence-electron chi connectivity index (χ1n) is 7.40. The van der Waals surface area contributed by atoms with E-state index < -0.39 is 29.0 Å². The van der Waals surface area contributed by atoms with Gasteiger partial charge in [-0.2, -0.15) is 0 Å². The van der Waals surface area contributed by atoms with E-state index in [-0.39, 0.29) is 6.54 Å². The molecule has 2 atom stereocenters. The Kier molecular flexibility index (Phi) is 4.18. The van der Waals surface area contributed by atoms with E-state index in [0.29, 0.717) is 6.54 Å². The van der Waals surface area contributed by atoms with Gasteiger partial charge in [-0.05, 0) is 26.3 Å². The number of nitrogens with zero attached hydrogens (tertiary/aromatic N) is 1. The molecule has 0 bridgehead atoms. The number of amides is 1. The number of likely N-dealkylation sites (tertiary alicyclic amines) is 1. The second-order valence-corrected chi connectivity index (χ2v) is 7.04. The number of ether oxygens (including phenoxy) is 1. The number of hydrogen-bond acceptors (Lipinski definition) is 3. The lowest BCUT2D eigenvalue weighted by Crippen LogP contribution is -2.38. The van der Waals surface area contributed by atoms with Gasteiger partial charge in [0, 0.05) is 18.5 Å². The number of carbonyl (C=O) groups excluding carboxylic acids is 1. The van der Waals surface area contributed by atoms with Crippen molar-refractivity contribution in [2.75, 3.05) is 13.1 Å². The maximum absolute atomic E-state index is 12.3. The smallest absolute Gasteiger partial charge is 0.410 e. The molecule has 1 aromatic carbocycles. The average molecular weight is 305 g/mol. The SMILES string of the molecule is CC(C)(C)OC(=O)N1C[C@H](C(=O)O)[C@@](C)(c2ccccc2)C1. The van der Waals surface area contributed by atoms with Crippen LogP contribution in [-0.4, -0.2) is 40.8 Å². The molecule has 1 fully saturated rings. The molecular formula is C17H23NO4. The summed E-state index contributed by atoms with van der Waals surface area (Å²) in [4.78, 5) is 25.4. The van der Waals surface area contributed by atoms with Gasteiger partial charge in [-0.3, -0.25) is 4.79 Å². The highest BCUT2D eigenvalue weighted by molar-refractivity contribution is 5.77. The van der Waals surface area contributed by atoms with E-state index in [0.717, 1.165) is 5.56 Å². The molecule has 2 rings (SSSR count). The van der Waals surface area contributed by atoms with Crippen molar-refractivity contribution >= 4 is 12.1 Å². The van der Waals surface area contributed by atoms with Crippen molar-refractivity contribution in [1.82, 2.24) is 4.90 Å². The van der Waals surface area contributed by atoms with Crippen molar-refractivity contribution < 1.29 is 19.4 Å². The number of carboxylic acid groups (broad SMARTS) is 1. The highest BCUT2D eigenvalue weighted by atomic mass is 16.6. The van der Waals surface area contributed by atoms with Gasteiger partial charge in [0.1, 0.15) is 5.60 Å². The number of carboxylic acids is 1. The topological polar surface area (TPSA) is 66.8 Å². The van der Waals surface area contributed by atoms with Gasteiger partial charge in [-0.1, -0.05) is 37.3 Å². The lowest BCUT2D eigenvalue weighted by Gasteiger charge is -2.29. The summed E-state index contributed by atoms with van der Waals surface area (Å²) in [5.74, 6) is -1.54. The Morgan fingerprint density at radius 2 is 1.86 bits per heavy atom. The fourth-order valence-corrected chi connectivity index (χ4v) is 2.92. The third-order valence-corrected chi connectivity index (χ3v) is 4.07. The summed E-state index contributed by atoms with van der Waals surface area (Å²) < 4.78 is 5.37. The molecule has 0 aromatic heterocycles. The fraction of sp³-hybridized carbons (Fsp3) is 0.529. The molecule has 120 valence electrons. The number of aliphatic carboxylic acids is 1. The molecule has 5 nitrogen and oxygen atoms in total. The largest absolute Gasteiger partial charge is 0.481 e. The van der Waals surface area contributed by atoms with Gasteiger partial charge in [0.25, 0.3) is 0 Å². The number of rotatable bonds is 2. The molecule has 0 radical (unpaired) electrons. The van der Waals surface area contributed by atoms with Crippen LogP contribution in [0.25, 0.3) is 0 Å². The van der Waals surface area contributed by atoms with Crippen LogP contribution in [0.4, 0.5) is 4.79 Å². The Labute approximate surface area is 130 Å². The molecule has 1 aliphatic rings. The zero-order valence-corrected chi connectivity index (χ0v) is 13.5. The molecule has 1 aromatic rings. The summed E-state index contributed by atoms with van der Waals surface area (Å²) in [6, 6.07) is 9.48. The normalized spacial score (nSPS) is 25.1. The van der Waals surface area contributed by atoms with Crippen molar-refractivity contribution in [1.29, 1.82) is 0 Å². The minimum absolute atomic E-state index is 0.162. The van der Waals surface area contributed by atoms with Gasteiger partial charge in [0.05, 0.1) is 5.92 Å². The van der Waals surface area contributed by atoms with Crippen molar-refractivity contribution in [2.45, 2.75) is 38.7 Å². The average Bonchev–Trinajstić information content (AvgIpc) is 2.78. The monoisotopic (exact) mass is 305 g/mol. The van der Waals surface area contributed by atoms with Crippen LogP contribution in [0.15, 0.2) is 30.3 Å². The Hall–Kier alpha value is -2.04. The Balaban J connectivity index is 2.28. The van der Waals surface area contributed by atoms with Crippen molar-refractivity contribution in [3.05, 3.63) is 35.9 Å². The second kappa shape index (κ2) is 5.63. The van der Waals surface area contributed by atoms with Crippen LogP contribution in [0, 0.1) is 5.92 Å². The van der Waals surface area contributed by atoms with Crippen molar-refractivity contribution in [2.24, 2.45) is 5.92 Å². The number of hydrogen-bond donors (Lipinski definition) is 1. The highest BCUT2D eigenvalue weighted by Crippen LogP contribution is 2.39. The molecule has 22 heavy (non-hydrogen) atoms. The predicted octanol–water partition coefficient (Wildman–Crippen LogP) is 2.90. The summed E-state index contributed by atoms with van der Waals surface area (Å²) in [6.07, 6.45) is -0.460. The molecule has 0 saturated carbocycles. The fourth-order valence-electron chi connectivity index (χ4n) is 2.92. The zero-order chi connectivity index (χ0) is 16.5. The summed E-state index contributed by atoms with van der Waals surface area (Å²) in [5, 5.41) is 9.56.